The second-order valence-electron chi connectivity index (χ2n) is 2.15. The molecular weight excluding hydrogens is 162 g/mol. The van der Waals surface area contributed by atoms with E-state index < -0.39 is 0 Å². The molecule has 0 amide bonds. The molecule has 1 heterocycles. The van der Waals surface area contributed by atoms with Crippen LogP contribution in [0.4, 0.5) is 0 Å². The van der Waals surface area contributed by atoms with Crippen LogP contribution >= 0.6 is 12.2 Å². The number of aromatic nitrogens is 3. The Morgan fingerprint density at radius 3 is 2.91 bits per heavy atom. The summed E-state index contributed by atoms with van der Waals surface area (Å²) in [4.78, 5) is 4.04. The lowest BCUT2D eigenvalue weighted by molar-refractivity contribution is 0.128. The maximum absolute atomic E-state index is 5.13. The molecular formula is C6H11N3OS. The molecule has 1 N–H and O–H groups in total. The lowest BCUT2D eigenvalue weighted by atomic mass is 10.7. The Balaban J connectivity index is 2.65. The molecule has 5 heteroatoms. The van der Waals surface area contributed by atoms with Crippen LogP contribution in [0.1, 0.15) is 12.7 Å². The van der Waals surface area contributed by atoms with E-state index >= 15 is 0 Å². The topological polar surface area (TPSA) is 42.8 Å². The van der Waals surface area contributed by atoms with Crippen molar-refractivity contribution in [1.29, 1.82) is 0 Å². The van der Waals surface area contributed by atoms with E-state index in [4.69, 9.17) is 17.0 Å². The fraction of sp³-hybridized carbons (Fsp3) is 0.667. The number of hydrogen-bond acceptors (Lipinski definition) is 3. The Bertz CT molecular complexity index is 278. The van der Waals surface area contributed by atoms with Gasteiger partial charge in [-0.1, -0.05) is 0 Å². The van der Waals surface area contributed by atoms with Crippen LogP contribution in [0.5, 0.6) is 0 Å². The van der Waals surface area contributed by atoms with Crippen molar-refractivity contribution in [2.75, 3.05) is 6.61 Å². The van der Waals surface area contributed by atoms with Crippen LogP contribution in [0.25, 0.3) is 0 Å². The molecule has 0 saturated heterocycles. The minimum absolute atomic E-state index is 0.501. The minimum atomic E-state index is 0.501. The molecule has 0 saturated carbocycles. The first-order valence-corrected chi connectivity index (χ1v) is 3.84. The van der Waals surface area contributed by atoms with Gasteiger partial charge in [-0.3, -0.25) is 9.78 Å². The molecule has 0 aliphatic carbocycles. The van der Waals surface area contributed by atoms with E-state index in [1.807, 2.05) is 14.0 Å². The van der Waals surface area contributed by atoms with Gasteiger partial charge in [-0.15, -0.1) is 0 Å². The van der Waals surface area contributed by atoms with Gasteiger partial charge in [0, 0.05) is 13.7 Å². The minimum Gasteiger partial charge on any atom is -0.374 e. The van der Waals surface area contributed by atoms with Gasteiger partial charge < -0.3 is 4.74 Å². The van der Waals surface area contributed by atoms with Gasteiger partial charge in [0.15, 0.2) is 0 Å². The highest BCUT2D eigenvalue weighted by Gasteiger charge is 1.96. The number of aryl methyl sites for hydroxylation is 1. The van der Waals surface area contributed by atoms with Gasteiger partial charge in [0.1, 0.15) is 12.4 Å². The van der Waals surface area contributed by atoms with E-state index in [9.17, 15) is 0 Å². The summed E-state index contributed by atoms with van der Waals surface area (Å²) >= 11 is 4.89. The zero-order chi connectivity index (χ0) is 8.27. The second-order valence-corrected chi connectivity index (χ2v) is 2.51. The zero-order valence-corrected chi connectivity index (χ0v) is 7.44. The molecule has 0 radical (unpaired) electrons. The molecule has 0 unspecified atom stereocenters. The van der Waals surface area contributed by atoms with Crippen LogP contribution < -0.4 is 0 Å². The zero-order valence-electron chi connectivity index (χ0n) is 6.63. The average Bonchev–Trinajstić information content (AvgIpc) is 2.28. The Labute approximate surface area is 70.2 Å². The molecule has 4 nitrogen and oxygen atoms in total. The first-order valence-electron chi connectivity index (χ1n) is 3.43. The Morgan fingerprint density at radius 1 is 1.73 bits per heavy atom. The highest BCUT2D eigenvalue weighted by molar-refractivity contribution is 7.71. The van der Waals surface area contributed by atoms with Crippen LogP contribution in [-0.4, -0.2) is 21.4 Å². The van der Waals surface area contributed by atoms with Crippen molar-refractivity contribution in [3.63, 3.8) is 0 Å². The Morgan fingerprint density at radius 2 is 2.45 bits per heavy atom. The summed E-state index contributed by atoms with van der Waals surface area (Å²) in [5, 5.41) is 2.96. The predicted octanol–water partition coefficient (Wildman–Crippen LogP) is 1.01. The van der Waals surface area contributed by atoms with Crippen LogP contribution in [0.15, 0.2) is 0 Å². The number of nitrogens with zero attached hydrogens (tertiary/aromatic N) is 2. The van der Waals surface area contributed by atoms with Gasteiger partial charge in [-0.25, -0.2) is 4.98 Å². The van der Waals surface area contributed by atoms with Crippen molar-refractivity contribution in [3.8, 4) is 0 Å². The van der Waals surface area contributed by atoms with Crippen LogP contribution in [0, 0.1) is 4.77 Å². The Kier molecular flexibility index (Phi) is 2.78. The molecule has 1 rings (SSSR count). The van der Waals surface area contributed by atoms with Gasteiger partial charge in [0.2, 0.25) is 4.77 Å². The van der Waals surface area contributed by atoms with Gasteiger partial charge in [-0.05, 0) is 19.1 Å². The molecule has 0 atom stereocenters. The number of rotatable bonds is 3. The summed E-state index contributed by atoms with van der Waals surface area (Å²) in [5.41, 5.74) is 0. The quantitative estimate of drug-likeness (QED) is 0.694. The SMILES string of the molecule is CCOCc1nc(=S)n(C)[nH]1. The van der Waals surface area contributed by atoms with Crippen molar-refractivity contribution in [1.82, 2.24) is 14.8 Å². The maximum Gasteiger partial charge on any atom is 0.215 e. The predicted molar refractivity (Wildman–Crippen MR) is 43.7 cm³/mol. The molecule has 0 aromatic carbocycles. The number of nitrogens with one attached hydrogen (secondary N) is 1. The fourth-order valence-electron chi connectivity index (χ4n) is 0.720. The molecule has 0 aliphatic rings. The van der Waals surface area contributed by atoms with Crippen LogP contribution in [-0.2, 0) is 18.4 Å². The second kappa shape index (κ2) is 3.64. The smallest absolute Gasteiger partial charge is 0.215 e. The third kappa shape index (κ3) is 2.13. The summed E-state index contributed by atoms with van der Waals surface area (Å²) in [6.07, 6.45) is 0. The number of H-pyrrole nitrogens is 1. The largest absolute Gasteiger partial charge is 0.374 e. The molecule has 0 fully saturated rings. The first kappa shape index (κ1) is 8.42. The number of aromatic amines is 1. The highest BCUT2D eigenvalue weighted by Crippen LogP contribution is 1.92. The number of ether oxygens (including phenoxy) is 1. The lowest BCUT2D eigenvalue weighted by Crippen LogP contribution is -1.95. The van der Waals surface area contributed by atoms with Crippen molar-refractivity contribution in [3.05, 3.63) is 10.6 Å². The molecule has 62 valence electrons. The number of hydrogen-bond donors (Lipinski definition) is 1. The lowest BCUT2D eigenvalue weighted by Gasteiger charge is -1.94. The van der Waals surface area contributed by atoms with E-state index in [0.29, 0.717) is 18.0 Å². The van der Waals surface area contributed by atoms with Crippen molar-refractivity contribution in [2.24, 2.45) is 7.05 Å². The molecule has 0 spiro atoms. The van der Waals surface area contributed by atoms with Crippen molar-refractivity contribution >= 4 is 12.2 Å². The third-order valence-corrected chi connectivity index (χ3v) is 1.62. The van der Waals surface area contributed by atoms with Gasteiger partial charge in [-0.2, -0.15) is 0 Å². The van der Waals surface area contributed by atoms with E-state index in [-0.39, 0.29) is 0 Å². The molecule has 1 aromatic heterocycles. The molecule has 11 heavy (non-hydrogen) atoms. The van der Waals surface area contributed by atoms with Crippen LogP contribution in [0.3, 0.4) is 0 Å². The van der Waals surface area contributed by atoms with Crippen molar-refractivity contribution in [2.45, 2.75) is 13.5 Å². The Hall–Kier alpha value is -0.680. The highest BCUT2D eigenvalue weighted by atomic mass is 32.1. The summed E-state index contributed by atoms with van der Waals surface area (Å²) in [6, 6.07) is 0. The summed E-state index contributed by atoms with van der Waals surface area (Å²) in [7, 11) is 1.82. The summed E-state index contributed by atoms with van der Waals surface area (Å²) in [5.74, 6) is 0.777. The maximum atomic E-state index is 5.13. The third-order valence-electron chi connectivity index (χ3n) is 1.26. The van der Waals surface area contributed by atoms with E-state index in [1.165, 1.54) is 0 Å². The van der Waals surface area contributed by atoms with Gasteiger partial charge in [0.25, 0.3) is 0 Å². The van der Waals surface area contributed by atoms with Gasteiger partial charge in [0.05, 0.1) is 0 Å². The molecule has 0 bridgehead atoms. The summed E-state index contributed by atoms with van der Waals surface area (Å²) in [6.45, 7) is 3.13. The van der Waals surface area contributed by atoms with E-state index in [0.717, 1.165) is 5.82 Å². The standard InChI is InChI=1S/C6H11N3OS/c1-3-10-4-5-7-6(11)9(2)8-5/h3-4H2,1-2H3,(H,7,8,11). The molecule has 1 aromatic rings. The molecule has 0 aliphatic heterocycles. The van der Waals surface area contributed by atoms with E-state index in [1.54, 1.807) is 4.68 Å². The summed E-state index contributed by atoms with van der Waals surface area (Å²) < 4.78 is 7.37. The normalized spacial score (nSPS) is 10.4. The van der Waals surface area contributed by atoms with Crippen molar-refractivity contribution < 1.29 is 4.74 Å². The fourth-order valence-corrected chi connectivity index (χ4v) is 0.876. The van der Waals surface area contributed by atoms with Crippen LogP contribution in [0.2, 0.25) is 0 Å². The first-order chi connectivity index (χ1) is 5.24. The average molecular weight is 173 g/mol. The van der Waals surface area contributed by atoms with E-state index in [2.05, 4.69) is 10.1 Å². The van der Waals surface area contributed by atoms with Gasteiger partial charge >= 0.3 is 0 Å². The monoisotopic (exact) mass is 173 g/mol.